The maximum absolute atomic E-state index is 10.8. The van der Waals surface area contributed by atoms with Crippen LogP contribution in [0.3, 0.4) is 0 Å². The van der Waals surface area contributed by atoms with Gasteiger partial charge in [0.15, 0.2) is 11.4 Å². The third-order valence-electron chi connectivity index (χ3n) is 2.00. The Bertz CT molecular complexity index is 446. The van der Waals surface area contributed by atoms with Gasteiger partial charge in [-0.2, -0.15) is 5.26 Å². The Hall–Kier alpha value is -2.09. The molecule has 1 aromatic heterocycles. The van der Waals surface area contributed by atoms with Crippen molar-refractivity contribution in [3.63, 3.8) is 0 Å². The minimum absolute atomic E-state index is 0.0823. The third-order valence-corrected chi connectivity index (χ3v) is 2.00. The second kappa shape index (κ2) is 3.58. The number of nitriles is 1. The van der Waals surface area contributed by atoms with Crippen LogP contribution in [0.4, 0.5) is 0 Å². The van der Waals surface area contributed by atoms with Crippen LogP contribution in [-0.2, 0) is 0 Å². The van der Waals surface area contributed by atoms with Crippen LogP contribution in [0.2, 0.25) is 0 Å². The molecule has 0 aromatic carbocycles. The number of hydrogen-bond acceptors (Lipinski definition) is 4. The minimum Gasteiger partial charge on any atom is -0.488 e. The number of carboxylic acid groups (broad SMARTS) is 1. The van der Waals surface area contributed by atoms with Crippen LogP contribution in [0.5, 0.6) is 5.75 Å². The van der Waals surface area contributed by atoms with Gasteiger partial charge in [0.25, 0.3) is 0 Å². The van der Waals surface area contributed by atoms with Crippen molar-refractivity contribution in [1.82, 2.24) is 4.98 Å². The fraction of sp³-hybridized carbons (Fsp3) is 0.300. The average molecular weight is 204 g/mol. The van der Waals surface area contributed by atoms with Gasteiger partial charge in [0, 0.05) is 12.3 Å². The first-order chi connectivity index (χ1) is 7.20. The summed E-state index contributed by atoms with van der Waals surface area (Å²) >= 11 is 0. The topological polar surface area (TPSA) is 83.2 Å². The molecule has 0 saturated heterocycles. The zero-order valence-electron chi connectivity index (χ0n) is 7.80. The number of aromatic nitrogens is 1. The Labute approximate surface area is 85.9 Å². The highest BCUT2D eigenvalue weighted by Crippen LogP contribution is 2.28. The fourth-order valence-corrected chi connectivity index (χ4v) is 1.12. The Kier molecular flexibility index (Phi) is 2.26. The lowest BCUT2D eigenvalue weighted by atomic mass is 10.2. The van der Waals surface area contributed by atoms with Crippen LogP contribution >= 0.6 is 0 Å². The van der Waals surface area contributed by atoms with E-state index in [0.29, 0.717) is 5.56 Å². The van der Waals surface area contributed by atoms with Crippen molar-refractivity contribution in [3.8, 4) is 11.8 Å². The molecule has 1 N–H and O–H groups in total. The van der Waals surface area contributed by atoms with Crippen molar-refractivity contribution in [2.75, 3.05) is 0 Å². The van der Waals surface area contributed by atoms with E-state index in [1.807, 2.05) is 6.07 Å². The van der Waals surface area contributed by atoms with Gasteiger partial charge in [-0.15, -0.1) is 0 Å². The van der Waals surface area contributed by atoms with E-state index < -0.39 is 5.97 Å². The van der Waals surface area contributed by atoms with Gasteiger partial charge in [0.2, 0.25) is 0 Å². The van der Waals surface area contributed by atoms with Gasteiger partial charge in [-0.3, -0.25) is 0 Å². The van der Waals surface area contributed by atoms with Crippen molar-refractivity contribution < 1.29 is 14.6 Å². The van der Waals surface area contributed by atoms with E-state index in [0.717, 1.165) is 12.8 Å². The largest absolute Gasteiger partial charge is 0.488 e. The van der Waals surface area contributed by atoms with Crippen molar-refractivity contribution in [2.24, 2.45) is 0 Å². The molecule has 0 aliphatic heterocycles. The van der Waals surface area contributed by atoms with Gasteiger partial charge in [-0.25, -0.2) is 9.78 Å². The highest BCUT2D eigenvalue weighted by Gasteiger charge is 2.26. The van der Waals surface area contributed by atoms with E-state index in [9.17, 15) is 4.79 Å². The summed E-state index contributed by atoms with van der Waals surface area (Å²) in [6.07, 6.45) is 3.16. The number of aromatic carboxylic acids is 1. The molecule has 0 spiro atoms. The molecule has 0 bridgehead atoms. The van der Waals surface area contributed by atoms with Gasteiger partial charge >= 0.3 is 5.97 Å². The summed E-state index contributed by atoms with van der Waals surface area (Å²) in [6.45, 7) is 0. The number of carboxylic acids is 1. The van der Waals surface area contributed by atoms with Crippen molar-refractivity contribution in [1.29, 1.82) is 5.26 Å². The number of carbonyl (C=O) groups is 1. The lowest BCUT2D eigenvalue weighted by molar-refractivity contribution is 0.0685. The molecule has 1 heterocycles. The quantitative estimate of drug-likeness (QED) is 0.799. The molecular weight excluding hydrogens is 196 g/mol. The molecular formula is C10H8N2O3. The van der Waals surface area contributed by atoms with Gasteiger partial charge in [-0.05, 0) is 12.8 Å². The Morgan fingerprint density at radius 1 is 1.67 bits per heavy atom. The van der Waals surface area contributed by atoms with Crippen LogP contribution in [-0.4, -0.2) is 22.2 Å². The molecule has 2 rings (SSSR count). The summed E-state index contributed by atoms with van der Waals surface area (Å²) in [5.41, 5.74) is 0.163. The van der Waals surface area contributed by atoms with Crippen LogP contribution in [0, 0.1) is 11.3 Å². The predicted octanol–water partition coefficient (Wildman–Crippen LogP) is 1.19. The van der Waals surface area contributed by atoms with E-state index in [2.05, 4.69) is 4.98 Å². The Morgan fingerprint density at radius 3 is 2.93 bits per heavy atom. The summed E-state index contributed by atoms with van der Waals surface area (Å²) in [4.78, 5) is 14.5. The highest BCUT2D eigenvalue weighted by molar-refractivity contribution is 5.88. The summed E-state index contributed by atoms with van der Waals surface area (Å²) in [7, 11) is 0. The third kappa shape index (κ3) is 2.05. The molecule has 1 fully saturated rings. The number of hydrogen-bond donors (Lipinski definition) is 1. The van der Waals surface area contributed by atoms with E-state index in [1.54, 1.807) is 0 Å². The van der Waals surface area contributed by atoms with Crippen LogP contribution < -0.4 is 4.74 Å². The molecule has 5 heteroatoms. The highest BCUT2D eigenvalue weighted by atomic mass is 16.5. The molecule has 15 heavy (non-hydrogen) atoms. The maximum Gasteiger partial charge on any atom is 0.358 e. The predicted molar refractivity (Wildman–Crippen MR) is 49.6 cm³/mol. The number of rotatable bonds is 3. The lowest BCUT2D eigenvalue weighted by Crippen LogP contribution is -2.07. The van der Waals surface area contributed by atoms with Crippen LogP contribution in [0.25, 0.3) is 0 Å². The second-order valence-electron chi connectivity index (χ2n) is 3.30. The van der Waals surface area contributed by atoms with Gasteiger partial charge in [0.05, 0.1) is 11.7 Å². The molecule has 0 radical (unpaired) electrons. The van der Waals surface area contributed by atoms with Gasteiger partial charge < -0.3 is 9.84 Å². The summed E-state index contributed by atoms with van der Waals surface area (Å²) in [6, 6.07) is 3.30. The smallest absolute Gasteiger partial charge is 0.358 e. The van der Waals surface area contributed by atoms with Crippen LogP contribution in [0.1, 0.15) is 28.9 Å². The van der Waals surface area contributed by atoms with E-state index >= 15 is 0 Å². The van der Waals surface area contributed by atoms with Crippen molar-refractivity contribution >= 4 is 5.97 Å². The molecule has 1 aromatic rings. The molecule has 0 unspecified atom stereocenters. The maximum atomic E-state index is 10.8. The van der Waals surface area contributed by atoms with E-state index in [1.165, 1.54) is 12.3 Å². The van der Waals surface area contributed by atoms with Gasteiger partial charge in [0.1, 0.15) is 6.07 Å². The SMILES string of the molecule is N#Cc1cnc(C(=O)O)c(OC2CC2)c1. The molecule has 76 valence electrons. The zero-order chi connectivity index (χ0) is 10.8. The number of ether oxygens (including phenoxy) is 1. The van der Waals surface area contributed by atoms with E-state index in [-0.39, 0.29) is 17.5 Å². The zero-order valence-corrected chi connectivity index (χ0v) is 7.80. The van der Waals surface area contributed by atoms with Crippen LogP contribution in [0.15, 0.2) is 12.3 Å². The standard InChI is InChI=1S/C10H8N2O3/c11-4-6-3-8(15-7-1-2-7)9(10(13)14)12-5-6/h3,5,7H,1-2H2,(H,13,14). The average Bonchev–Trinajstić information content (AvgIpc) is 3.01. The number of pyridine rings is 1. The molecule has 0 amide bonds. The molecule has 5 nitrogen and oxygen atoms in total. The first kappa shape index (κ1) is 9.46. The number of nitrogens with zero attached hydrogens (tertiary/aromatic N) is 2. The van der Waals surface area contributed by atoms with Crippen molar-refractivity contribution in [2.45, 2.75) is 18.9 Å². The Morgan fingerprint density at radius 2 is 2.40 bits per heavy atom. The molecule has 1 saturated carbocycles. The van der Waals surface area contributed by atoms with E-state index in [4.69, 9.17) is 15.1 Å². The Balaban J connectivity index is 2.36. The monoisotopic (exact) mass is 204 g/mol. The molecule has 0 atom stereocenters. The first-order valence-corrected chi connectivity index (χ1v) is 4.51. The summed E-state index contributed by atoms with van der Waals surface area (Å²) in [5.74, 6) is -0.959. The van der Waals surface area contributed by atoms with Crippen molar-refractivity contribution in [3.05, 3.63) is 23.5 Å². The molecule has 1 aliphatic carbocycles. The minimum atomic E-state index is -1.14. The molecule has 1 aliphatic rings. The normalized spacial score (nSPS) is 14.3. The second-order valence-corrected chi connectivity index (χ2v) is 3.30. The first-order valence-electron chi connectivity index (χ1n) is 4.51. The fourth-order valence-electron chi connectivity index (χ4n) is 1.12. The van der Waals surface area contributed by atoms with Gasteiger partial charge in [-0.1, -0.05) is 0 Å². The lowest BCUT2D eigenvalue weighted by Gasteiger charge is -2.06. The summed E-state index contributed by atoms with van der Waals surface area (Å²) < 4.78 is 5.37. The summed E-state index contributed by atoms with van der Waals surface area (Å²) in [5, 5.41) is 17.5.